The van der Waals surface area contributed by atoms with Crippen LogP contribution in [0.4, 0.5) is 0 Å². The molecule has 0 bridgehead atoms. The topological polar surface area (TPSA) is 90.0 Å². The highest BCUT2D eigenvalue weighted by Crippen LogP contribution is 2.38. The van der Waals surface area contributed by atoms with Gasteiger partial charge in [-0.05, 0) is 72.0 Å². The molecule has 222 valence electrons. The molecular weight excluding hydrogens is 550 g/mol. The molecule has 0 radical (unpaired) electrons. The summed E-state index contributed by atoms with van der Waals surface area (Å²) in [6, 6.07) is 22.0. The van der Waals surface area contributed by atoms with Gasteiger partial charge < -0.3 is 29.8 Å². The van der Waals surface area contributed by atoms with Gasteiger partial charge in [0.2, 0.25) is 5.91 Å². The number of halogens is 1. The van der Waals surface area contributed by atoms with Crippen molar-refractivity contribution in [3.63, 3.8) is 0 Å². The van der Waals surface area contributed by atoms with E-state index in [9.17, 15) is 9.90 Å². The number of methoxy groups -OCH3 is 2. The fourth-order valence-electron chi connectivity index (χ4n) is 6.09. The van der Waals surface area contributed by atoms with Crippen molar-refractivity contribution >= 4 is 28.4 Å². The molecule has 7 nitrogen and oxygen atoms in total. The van der Waals surface area contributed by atoms with Crippen LogP contribution >= 0.6 is 11.6 Å². The van der Waals surface area contributed by atoms with Crippen molar-refractivity contribution < 1.29 is 19.4 Å². The Morgan fingerprint density at radius 1 is 1.10 bits per heavy atom. The first-order valence-electron chi connectivity index (χ1n) is 14.6. The molecule has 5 rings (SSSR count). The Labute approximate surface area is 252 Å². The van der Waals surface area contributed by atoms with E-state index in [1.54, 1.807) is 19.2 Å². The molecule has 0 spiro atoms. The molecule has 4 aromatic rings. The predicted molar refractivity (Wildman–Crippen MR) is 168 cm³/mol. The third-order valence-corrected chi connectivity index (χ3v) is 8.52. The molecule has 2 heterocycles. The van der Waals surface area contributed by atoms with Gasteiger partial charge in [0.25, 0.3) is 0 Å². The number of nitrogens with zero attached hydrogens (tertiary/aromatic N) is 2. The Morgan fingerprint density at radius 3 is 2.64 bits per heavy atom. The smallest absolute Gasteiger partial charge is 0.224 e. The highest BCUT2D eigenvalue weighted by Gasteiger charge is 2.28. The number of fused-ring (bicyclic) bond motifs is 1. The Morgan fingerprint density at radius 2 is 1.88 bits per heavy atom. The van der Waals surface area contributed by atoms with Crippen LogP contribution in [0, 0.1) is 0 Å². The van der Waals surface area contributed by atoms with Crippen molar-refractivity contribution in [3.05, 3.63) is 83.0 Å². The highest BCUT2D eigenvalue weighted by atomic mass is 35.5. The lowest BCUT2D eigenvalue weighted by molar-refractivity contribution is -0.132. The lowest BCUT2D eigenvalue weighted by Crippen LogP contribution is -2.42. The van der Waals surface area contributed by atoms with Crippen LogP contribution in [-0.4, -0.2) is 60.4 Å². The summed E-state index contributed by atoms with van der Waals surface area (Å²) in [5.74, 6) is 0.680. The van der Waals surface area contributed by atoms with Gasteiger partial charge in [0, 0.05) is 62.9 Å². The molecule has 1 aromatic heterocycles. The average molecular weight is 590 g/mol. The summed E-state index contributed by atoms with van der Waals surface area (Å²) in [6.45, 7) is 3.12. The Hall–Kier alpha value is -3.52. The third kappa shape index (κ3) is 6.75. The summed E-state index contributed by atoms with van der Waals surface area (Å²) in [4.78, 5) is 15.4. The van der Waals surface area contributed by atoms with Crippen LogP contribution < -0.4 is 10.5 Å². The number of hydrogen-bond acceptors (Lipinski definition) is 5. The van der Waals surface area contributed by atoms with E-state index in [1.807, 2.05) is 29.2 Å². The molecule has 1 amide bonds. The molecule has 0 saturated carbocycles. The second kappa shape index (κ2) is 13.6. The number of ether oxygens (including phenoxy) is 2. The van der Waals surface area contributed by atoms with E-state index in [0.717, 1.165) is 62.2 Å². The summed E-state index contributed by atoms with van der Waals surface area (Å²) < 4.78 is 13.0. The number of amides is 1. The number of piperidine rings is 1. The van der Waals surface area contributed by atoms with Crippen LogP contribution in [0.3, 0.4) is 0 Å². The van der Waals surface area contributed by atoms with Crippen LogP contribution in [0.2, 0.25) is 5.02 Å². The zero-order valence-electron chi connectivity index (χ0n) is 24.4. The fraction of sp³-hybridized carbons (Fsp3) is 0.382. The maximum Gasteiger partial charge on any atom is 0.224 e. The Kier molecular flexibility index (Phi) is 9.73. The Bertz CT molecular complexity index is 1520. The third-order valence-electron chi connectivity index (χ3n) is 8.24. The molecule has 1 aliphatic rings. The normalized spacial score (nSPS) is 16.1. The van der Waals surface area contributed by atoms with Gasteiger partial charge in [-0.3, -0.25) is 4.79 Å². The molecule has 1 saturated heterocycles. The molecule has 3 N–H and O–H groups in total. The van der Waals surface area contributed by atoms with Crippen molar-refractivity contribution in [3.8, 4) is 22.6 Å². The molecule has 42 heavy (non-hydrogen) atoms. The summed E-state index contributed by atoms with van der Waals surface area (Å²) in [5, 5.41) is 11.5. The zero-order chi connectivity index (χ0) is 29.6. The number of rotatable bonds is 11. The lowest BCUT2D eigenvalue weighted by Gasteiger charge is -2.34. The summed E-state index contributed by atoms with van der Waals surface area (Å²) in [5.41, 5.74) is 11.9. The molecule has 2 atom stereocenters. The standard InChI is InChI=1S/C34H40ClN3O4/c1-41-16-6-15-38-30-9-4-3-7-25(30)19-31(38)26-8-5-14-37(22-26)33(39)21-28(36)17-23-10-12-24(13-11-23)27-18-29(35)34(40)32(20-27)42-2/h3-4,7,9-13,18-20,26,28,40H,5-6,8,14-17,21-22,36H2,1-2H3/t26?,28-/m1/s1. The number of carbonyl (C=O) groups is 1. The number of hydrogen-bond donors (Lipinski definition) is 2. The first-order chi connectivity index (χ1) is 20.4. The van der Waals surface area contributed by atoms with Crippen LogP contribution in [0.5, 0.6) is 11.5 Å². The zero-order valence-corrected chi connectivity index (χ0v) is 25.1. The first-order valence-corrected chi connectivity index (χ1v) is 15.0. The van der Waals surface area contributed by atoms with Crippen molar-refractivity contribution in [1.82, 2.24) is 9.47 Å². The number of aromatic nitrogens is 1. The minimum absolute atomic E-state index is 0.0698. The molecule has 3 aromatic carbocycles. The van der Waals surface area contributed by atoms with E-state index in [0.29, 0.717) is 24.5 Å². The summed E-state index contributed by atoms with van der Waals surface area (Å²) in [6.07, 6.45) is 3.93. The number of aryl methyl sites for hydroxylation is 1. The number of phenolic OH excluding ortho intramolecular Hbond substituents is 1. The number of phenols is 1. The number of benzene rings is 3. The molecular formula is C34H40ClN3O4. The van der Waals surface area contributed by atoms with E-state index in [2.05, 4.69) is 34.9 Å². The highest BCUT2D eigenvalue weighted by molar-refractivity contribution is 6.32. The minimum atomic E-state index is -0.271. The number of aromatic hydroxyl groups is 1. The van der Waals surface area contributed by atoms with Crippen LogP contribution in [0.15, 0.2) is 66.7 Å². The van der Waals surface area contributed by atoms with Crippen molar-refractivity contribution in [2.45, 2.75) is 50.6 Å². The average Bonchev–Trinajstić information content (AvgIpc) is 3.37. The second-order valence-corrected chi connectivity index (χ2v) is 11.6. The predicted octanol–water partition coefficient (Wildman–Crippen LogP) is 6.38. The van der Waals surface area contributed by atoms with Gasteiger partial charge in [0.1, 0.15) is 0 Å². The molecule has 1 aliphatic heterocycles. The summed E-state index contributed by atoms with van der Waals surface area (Å²) >= 11 is 6.17. The van der Waals surface area contributed by atoms with Crippen molar-refractivity contribution in [2.24, 2.45) is 5.73 Å². The van der Waals surface area contributed by atoms with Crippen LogP contribution in [0.25, 0.3) is 22.0 Å². The van der Waals surface area contributed by atoms with Crippen molar-refractivity contribution in [2.75, 3.05) is 33.9 Å². The van der Waals surface area contributed by atoms with Gasteiger partial charge >= 0.3 is 0 Å². The first kappa shape index (κ1) is 30.0. The number of likely N-dealkylation sites (tertiary alicyclic amines) is 1. The van der Waals surface area contributed by atoms with E-state index in [-0.39, 0.29) is 22.7 Å². The maximum absolute atomic E-state index is 13.4. The summed E-state index contributed by atoms with van der Waals surface area (Å²) in [7, 11) is 3.24. The second-order valence-electron chi connectivity index (χ2n) is 11.2. The number of nitrogens with two attached hydrogens (primary N) is 1. The van der Waals surface area contributed by atoms with Gasteiger partial charge in [-0.15, -0.1) is 0 Å². The van der Waals surface area contributed by atoms with E-state index < -0.39 is 0 Å². The van der Waals surface area contributed by atoms with Crippen molar-refractivity contribution in [1.29, 1.82) is 0 Å². The van der Waals surface area contributed by atoms with Gasteiger partial charge in [-0.1, -0.05) is 54.1 Å². The van der Waals surface area contributed by atoms with E-state index in [4.69, 9.17) is 26.8 Å². The van der Waals surface area contributed by atoms with E-state index in [1.165, 1.54) is 23.7 Å². The molecule has 0 aliphatic carbocycles. The van der Waals surface area contributed by atoms with Crippen LogP contribution in [-0.2, 0) is 22.5 Å². The molecule has 8 heteroatoms. The monoisotopic (exact) mass is 589 g/mol. The Balaban J connectivity index is 1.21. The van der Waals surface area contributed by atoms with Gasteiger partial charge in [0.05, 0.1) is 12.1 Å². The van der Waals surface area contributed by atoms with Gasteiger partial charge in [-0.2, -0.15) is 0 Å². The SMILES string of the molecule is COCCCn1c(C2CCCN(C(=O)C[C@H](N)Cc3ccc(-c4cc(Cl)c(O)c(OC)c4)cc3)C2)cc2ccccc21. The largest absolute Gasteiger partial charge is 0.503 e. The molecule has 1 unspecified atom stereocenters. The number of para-hydroxylation sites is 1. The lowest BCUT2D eigenvalue weighted by atomic mass is 9.93. The maximum atomic E-state index is 13.4. The minimum Gasteiger partial charge on any atom is -0.503 e. The van der Waals surface area contributed by atoms with E-state index >= 15 is 0 Å². The number of carbonyl (C=O) groups excluding carboxylic acids is 1. The van der Waals surface area contributed by atoms with Gasteiger partial charge in [-0.25, -0.2) is 0 Å². The molecule has 1 fully saturated rings. The van der Waals surface area contributed by atoms with Crippen LogP contribution in [0.1, 0.15) is 42.9 Å². The fourth-order valence-corrected chi connectivity index (χ4v) is 6.30. The van der Waals surface area contributed by atoms with Gasteiger partial charge in [0.15, 0.2) is 11.5 Å². The quantitative estimate of drug-likeness (QED) is 0.198.